The molecule has 140 valence electrons. The van der Waals surface area contributed by atoms with Gasteiger partial charge in [0.05, 0.1) is 5.41 Å². The second kappa shape index (κ2) is 9.01. The van der Waals surface area contributed by atoms with E-state index in [2.05, 4.69) is 5.32 Å². The fourth-order valence-corrected chi connectivity index (χ4v) is 3.31. The number of amides is 1. The van der Waals surface area contributed by atoms with Crippen LogP contribution < -0.4 is 11.1 Å². The van der Waals surface area contributed by atoms with Gasteiger partial charge in [-0.25, -0.2) is 4.39 Å². The van der Waals surface area contributed by atoms with Gasteiger partial charge in [-0.1, -0.05) is 24.3 Å². The molecule has 4 nitrogen and oxygen atoms in total. The Morgan fingerprint density at radius 1 is 1.08 bits per heavy atom. The van der Waals surface area contributed by atoms with E-state index in [-0.39, 0.29) is 24.1 Å². The molecule has 1 fully saturated rings. The van der Waals surface area contributed by atoms with Gasteiger partial charge in [-0.05, 0) is 54.7 Å². The predicted octanol–water partition coefficient (Wildman–Crippen LogP) is 3.24. The average Bonchev–Trinajstić information content (AvgIpc) is 2.64. The second-order valence-electron chi connectivity index (χ2n) is 6.45. The zero-order chi connectivity index (χ0) is 17.7. The molecule has 0 aromatic heterocycles. The fraction of sp³-hybridized carbons (Fsp3) is 0.350. The maximum Gasteiger partial charge on any atom is 0.230 e. The van der Waals surface area contributed by atoms with Gasteiger partial charge < -0.3 is 15.8 Å². The number of anilines is 1. The van der Waals surface area contributed by atoms with E-state index in [4.69, 9.17) is 10.5 Å². The Bertz CT molecular complexity index is 714. The average molecular weight is 379 g/mol. The van der Waals surface area contributed by atoms with Gasteiger partial charge in [0, 0.05) is 25.4 Å². The Labute approximate surface area is 159 Å². The monoisotopic (exact) mass is 378 g/mol. The van der Waals surface area contributed by atoms with Crippen LogP contribution in [0.5, 0.6) is 0 Å². The smallest absolute Gasteiger partial charge is 0.230 e. The van der Waals surface area contributed by atoms with Gasteiger partial charge in [-0.2, -0.15) is 0 Å². The third-order valence-corrected chi connectivity index (χ3v) is 4.86. The van der Waals surface area contributed by atoms with E-state index < -0.39 is 5.41 Å². The first-order valence-corrected chi connectivity index (χ1v) is 8.57. The maximum atomic E-state index is 13.3. The lowest BCUT2D eigenvalue weighted by molar-refractivity contribution is -0.130. The van der Waals surface area contributed by atoms with Crippen LogP contribution in [0.2, 0.25) is 0 Å². The van der Waals surface area contributed by atoms with Gasteiger partial charge in [0.25, 0.3) is 0 Å². The number of nitrogens with one attached hydrogen (secondary N) is 1. The summed E-state index contributed by atoms with van der Waals surface area (Å²) in [6.45, 7) is 1.61. The van der Waals surface area contributed by atoms with Gasteiger partial charge in [-0.3, -0.25) is 4.79 Å². The molecule has 1 saturated heterocycles. The van der Waals surface area contributed by atoms with Crippen molar-refractivity contribution in [2.45, 2.75) is 24.7 Å². The van der Waals surface area contributed by atoms with Crippen molar-refractivity contribution in [2.24, 2.45) is 0 Å². The summed E-state index contributed by atoms with van der Waals surface area (Å²) in [6.07, 6.45) is 1.95. The van der Waals surface area contributed by atoms with E-state index in [0.717, 1.165) is 23.2 Å². The number of benzene rings is 2. The number of nitrogens with two attached hydrogens (primary N) is 1. The third kappa shape index (κ3) is 4.54. The van der Waals surface area contributed by atoms with Crippen LogP contribution in [0.15, 0.2) is 48.5 Å². The molecule has 0 bridgehead atoms. The molecule has 1 aliphatic heterocycles. The minimum atomic E-state index is -0.646. The number of hydrogen-bond donors (Lipinski definition) is 2. The van der Waals surface area contributed by atoms with Crippen molar-refractivity contribution in [2.75, 3.05) is 25.5 Å². The normalized spacial score (nSPS) is 15.7. The zero-order valence-corrected chi connectivity index (χ0v) is 15.4. The van der Waals surface area contributed by atoms with Crippen molar-refractivity contribution >= 4 is 24.0 Å². The summed E-state index contributed by atoms with van der Waals surface area (Å²) in [5.74, 6) is -0.312. The van der Waals surface area contributed by atoms with E-state index in [9.17, 15) is 9.18 Å². The van der Waals surface area contributed by atoms with Gasteiger partial charge in [-0.15, -0.1) is 12.4 Å². The number of rotatable bonds is 5. The van der Waals surface area contributed by atoms with Crippen LogP contribution in [0.1, 0.15) is 24.0 Å². The minimum absolute atomic E-state index is 0. The van der Waals surface area contributed by atoms with Crippen LogP contribution >= 0.6 is 12.4 Å². The van der Waals surface area contributed by atoms with Gasteiger partial charge in [0.1, 0.15) is 5.82 Å². The molecule has 2 aromatic carbocycles. The van der Waals surface area contributed by atoms with Crippen molar-refractivity contribution in [3.8, 4) is 0 Å². The van der Waals surface area contributed by atoms with Crippen LogP contribution in [0.4, 0.5) is 10.1 Å². The Morgan fingerprint density at radius 2 is 1.69 bits per heavy atom. The van der Waals surface area contributed by atoms with E-state index in [1.165, 1.54) is 12.1 Å². The minimum Gasteiger partial charge on any atom is -0.399 e. The Kier molecular flexibility index (Phi) is 7.00. The molecule has 0 saturated carbocycles. The number of nitrogen functional groups attached to an aromatic ring is 1. The topological polar surface area (TPSA) is 64.3 Å². The first kappa shape index (κ1) is 20.2. The summed E-state index contributed by atoms with van der Waals surface area (Å²) < 4.78 is 18.7. The predicted molar refractivity (Wildman–Crippen MR) is 103 cm³/mol. The highest BCUT2D eigenvalue weighted by Gasteiger charge is 2.41. The van der Waals surface area contributed by atoms with E-state index in [0.29, 0.717) is 32.6 Å². The largest absolute Gasteiger partial charge is 0.399 e. The Morgan fingerprint density at radius 3 is 2.31 bits per heavy atom. The van der Waals surface area contributed by atoms with Crippen LogP contribution in [0.25, 0.3) is 0 Å². The van der Waals surface area contributed by atoms with Crippen molar-refractivity contribution in [1.82, 2.24) is 5.32 Å². The highest BCUT2D eigenvalue weighted by Crippen LogP contribution is 2.35. The van der Waals surface area contributed by atoms with Crippen LogP contribution in [-0.2, 0) is 21.4 Å². The number of ether oxygens (including phenoxy) is 1. The molecule has 1 amide bonds. The molecule has 0 atom stereocenters. The molecule has 2 aromatic rings. The Balaban J connectivity index is 0.00000243. The zero-order valence-electron chi connectivity index (χ0n) is 14.5. The Hall–Kier alpha value is -2.11. The molecule has 6 heteroatoms. The van der Waals surface area contributed by atoms with Gasteiger partial charge in [0.2, 0.25) is 5.91 Å². The first-order chi connectivity index (χ1) is 12.1. The van der Waals surface area contributed by atoms with Crippen molar-refractivity contribution in [3.63, 3.8) is 0 Å². The fourth-order valence-electron chi connectivity index (χ4n) is 3.31. The van der Waals surface area contributed by atoms with Crippen LogP contribution in [-0.4, -0.2) is 25.7 Å². The lowest BCUT2D eigenvalue weighted by Crippen LogP contribution is -2.48. The number of hydrogen-bond acceptors (Lipinski definition) is 3. The maximum absolute atomic E-state index is 13.3. The summed E-state index contributed by atoms with van der Waals surface area (Å²) in [6, 6.07) is 13.9. The lowest BCUT2D eigenvalue weighted by atomic mass is 9.73. The molecule has 0 spiro atoms. The summed E-state index contributed by atoms with van der Waals surface area (Å²) in [5, 5.41) is 3.05. The van der Waals surface area contributed by atoms with Crippen molar-refractivity contribution < 1.29 is 13.9 Å². The van der Waals surface area contributed by atoms with Crippen LogP contribution in [0, 0.1) is 5.82 Å². The molecule has 0 radical (unpaired) electrons. The SMILES string of the molecule is Cl.Nc1ccc(CCNC(=O)C2(c3ccc(F)cc3)CCOCC2)cc1. The molecule has 3 rings (SSSR count). The molecule has 0 unspecified atom stereocenters. The summed E-state index contributed by atoms with van der Waals surface area (Å²) in [7, 11) is 0. The van der Waals surface area contributed by atoms with Crippen molar-refractivity contribution in [3.05, 3.63) is 65.5 Å². The van der Waals surface area contributed by atoms with Crippen LogP contribution in [0.3, 0.4) is 0 Å². The van der Waals surface area contributed by atoms with E-state index in [1.807, 2.05) is 24.3 Å². The molecular weight excluding hydrogens is 355 g/mol. The number of carbonyl (C=O) groups excluding carboxylic acids is 1. The quantitative estimate of drug-likeness (QED) is 0.785. The first-order valence-electron chi connectivity index (χ1n) is 8.57. The highest BCUT2D eigenvalue weighted by molar-refractivity contribution is 5.88. The van der Waals surface area contributed by atoms with Gasteiger partial charge >= 0.3 is 0 Å². The molecule has 1 aliphatic rings. The highest BCUT2D eigenvalue weighted by atomic mass is 35.5. The second-order valence-corrected chi connectivity index (χ2v) is 6.45. The molecule has 1 heterocycles. The van der Waals surface area contributed by atoms with Crippen molar-refractivity contribution in [1.29, 1.82) is 0 Å². The number of halogens is 2. The molecule has 0 aliphatic carbocycles. The summed E-state index contributed by atoms with van der Waals surface area (Å²) in [4.78, 5) is 13.0. The molecule has 3 N–H and O–H groups in total. The standard InChI is InChI=1S/C20H23FN2O2.ClH/c21-17-5-3-16(4-6-17)20(10-13-25-14-11-20)19(24)23-12-9-15-1-7-18(22)8-2-15;/h1-8H,9-14,22H2,(H,23,24);1H. The lowest BCUT2D eigenvalue weighted by Gasteiger charge is -2.36. The molecule has 26 heavy (non-hydrogen) atoms. The number of carbonyl (C=O) groups is 1. The summed E-state index contributed by atoms with van der Waals surface area (Å²) in [5.41, 5.74) is 7.74. The molecular formula is C20H24ClFN2O2. The summed E-state index contributed by atoms with van der Waals surface area (Å²) >= 11 is 0. The van der Waals surface area contributed by atoms with E-state index in [1.54, 1.807) is 12.1 Å². The third-order valence-electron chi connectivity index (χ3n) is 4.86. The van der Waals surface area contributed by atoms with Gasteiger partial charge in [0.15, 0.2) is 0 Å². The van der Waals surface area contributed by atoms with E-state index >= 15 is 0 Å².